The molecular weight excluding hydrogens is 490 g/mol. The average Bonchev–Trinajstić information content (AvgIpc) is 3.28. The predicted molar refractivity (Wildman–Crippen MR) is 134 cm³/mol. The molecule has 0 aliphatic heterocycles. The van der Waals surface area contributed by atoms with Crippen molar-refractivity contribution in [2.75, 3.05) is 17.7 Å². The largest absolute Gasteiger partial charge is 0.477 e. The number of likely N-dealkylation sites (N-methyl/N-ethyl adjacent to an activating group) is 1. The number of pyridine rings is 1. The van der Waals surface area contributed by atoms with Crippen LogP contribution in [-0.4, -0.2) is 45.9 Å². The highest BCUT2D eigenvalue weighted by Crippen LogP contribution is 2.31. The van der Waals surface area contributed by atoms with Gasteiger partial charge in [-0.25, -0.2) is 14.6 Å². The Balaban J connectivity index is 1.55. The van der Waals surface area contributed by atoms with Gasteiger partial charge in [-0.1, -0.05) is 24.3 Å². The van der Waals surface area contributed by atoms with Gasteiger partial charge in [0.05, 0.1) is 18.9 Å². The van der Waals surface area contributed by atoms with Crippen molar-refractivity contribution in [2.24, 2.45) is 0 Å². The molecule has 0 spiro atoms. The fourth-order valence-corrected chi connectivity index (χ4v) is 4.46. The van der Waals surface area contributed by atoms with E-state index < -0.39 is 30.4 Å². The first kappa shape index (κ1) is 26.7. The SMILES string of the molecule is Cc1ccccc1NC(=O)Nc1ccc(CC(=O)N(C)C(C)c2ccc(CC(F)(F)C(=O)O)s2)cn1. The second-order valence-corrected chi connectivity index (χ2v) is 9.49. The van der Waals surface area contributed by atoms with Gasteiger partial charge in [-0.3, -0.25) is 10.1 Å². The van der Waals surface area contributed by atoms with Gasteiger partial charge in [-0.2, -0.15) is 8.78 Å². The first-order valence-corrected chi connectivity index (χ1v) is 11.8. The van der Waals surface area contributed by atoms with Crippen LogP contribution in [0.5, 0.6) is 0 Å². The summed E-state index contributed by atoms with van der Waals surface area (Å²) in [5.41, 5.74) is 2.24. The van der Waals surface area contributed by atoms with Crippen molar-refractivity contribution in [1.29, 1.82) is 0 Å². The molecule has 36 heavy (non-hydrogen) atoms. The van der Waals surface area contributed by atoms with E-state index in [-0.39, 0.29) is 17.2 Å². The van der Waals surface area contributed by atoms with Crippen molar-refractivity contribution in [3.8, 4) is 0 Å². The molecule has 190 valence electrons. The van der Waals surface area contributed by atoms with Crippen LogP contribution in [0.15, 0.2) is 54.7 Å². The number of urea groups is 1. The number of thiophene rings is 1. The highest BCUT2D eigenvalue weighted by Gasteiger charge is 2.39. The van der Waals surface area contributed by atoms with Crippen LogP contribution in [0.3, 0.4) is 0 Å². The van der Waals surface area contributed by atoms with E-state index in [9.17, 15) is 23.2 Å². The number of para-hydroxylation sites is 1. The van der Waals surface area contributed by atoms with Gasteiger partial charge < -0.3 is 15.3 Å². The van der Waals surface area contributed by atoms with E-state index in [0.717, 1.165) is 16.9 Å². The van der Waals surface area contributed by atoms with E-state index in [2.05, 4.69) is 15.6 Å². The topological polar surface area (TPSA) is 112 Å². The molecule has 3 N–H and O–H groups in total. The third kappa shape index (κ3) is 6.85. The number of hydrogen-bond donors (Lipinski definition) is 3. The summed E-state index contributed by atoms with van der Waals surface area (Å²) in [6, 6.07) is 12.9. The Bertz CT molecular complexity index is 1250. The van der Waals surface area contributed by atoms with Gasteiger partial charge in [-0.05, 0) is 49.2 Å². The lowest BCUT2D eigenvalue weighted by molar-refractivity contribution is -0.164. The molecule has 1 unspecified atom stereocenters. The molecular formula is C25H26F2N4O4S. The highest BCUT2D eigenvalue weighted by atomic mass is 32.1. The molecule has 0 saturated heterocycles. The molecule has 0 fully saturated rings. The average molecular weight is 517 g/mol. The molecule has 11 heteroatoms. The Morgan fingerprint density at radius 2 is 1.83 bits per heavy atom. The minimum Gasteiger partial charge on any atom is -0.477 e. The van der Waals surface area contributed by atoms with Gasteiger partial charge in [0.25, 0.3) is 0 Å². The molecule has 0 bridgehead atoms. The van der Waals surface area contributed by atoms with Gasteiger partial charge in [0, 0.05) is 28.7 Å². The summed E-state index contributed by atoms with van der Waals surface area (Å²) in [5.74, 6) is -5.90. The summed E-state index contributed by atoms with van der Waals surface area (Å²) in [5, 5.41) is 14.0. The Hall–Kier alpha value is -3.86. The number of aromatic nitrogens is 1. The quantitative estimate of drug-likeness (QED) is 0.366. The second-order valence-electron chi connectivity index (χ2n) is 8.29. The lowest BCUT2D eigenvalue weighted by Gasteiger charge is -2.24. The number of aliphatic carboxylic acids is 1. The predicted octanol–water partition coefficient (Wildman–Crippen LogP) is 5.12. The minimum absolute atomic E-state index is 0.0544. The number of carbonyl (C=O) groups is 3. The third-order valence-electron chi connectivity index (χ3n) is 5.59. The highest BCUT2D eigenvalue weighted by molar-refractivity contribution is 7.12. The van der Waals surface area contributed by atoms with Crippen LogP contribution in [0.25, 0.3) is 0 Å². The molecule has 1 atom stereocenters. The van der Waals surface area contributed by atoms with Crippen molar-refractivity contribution in [3.05, 3.63) is 75.6 Å². The van der Waals surface area contributed by atoms with Gasteiger partial charge in [0.1, 0.15) is 5.82 Å². The van der Waals surface area contributed by atoms with E-state index in [1.165, 1.54) is 17.2 Å². The van der Waals surface area contributed by atoms with E-state index in [4.69, 9.17) is 5.11 Å². The first-order chi connectivity index (χ1) is 17.0. The van der Waals surface area contributed by atoms with Crippen molar-refractivity contribution >= 4 is 40.7 Å². The van der Waals surface area contributed by atoms with Crippen molar-refractivity contribution in [2.45, 2.75) is 38.7 Å². The number of nitrogens with zero attached hydrogens (tertiary/aromatic N) is 2. The van der Waals surface area contributed by atoms with Crippen molar-refractivity contribution in [1.82, 2.24) is 9.88 Å². The molecule has 8 nitrogen and oxygen atoms in total. The van der Waals surface area contributed by atoms with E-state index in [1.54, 1.807) is 38.2 Å². The number of carbonyl (C=O) groups excluding carboxylic acids is 2. The number of anilines is 2. The number of benzene rings is 1. The van der Waals surface area contributed by atoms with E-state index in [1.807, 2.05) is 25.1 Å². The molecule has 0 aliphatic rings. The maximum absolute atomic E-state index is 13.5. The van der Waals surface area contributed by atoms with E-state index in [0.29, 0.717) is 21.9 Å². The minimum atomic E-state index is -3.84. The van der Waals surface area contributed by atoms with Crippen LogP contribution in [0.2, 0.25) is 0 Å². The Morgan fingerprint density at radius 1 is 1.11 bits per heavy atom. The normalized spacial score (nSPS) is 12.0. The molecule has 0 saturated carbocycles. The van der Waals surface area contributed by atoms with Crippen LogP contribution in [0, 0.1) is 6.92 Å². The lowest BCUT2D eigenvalue weighted by atomic mass is 10.1. The molecule has 0 radical (unpaired) electrons. The fraction of sp³-hybridized carbons (Fsp3) is 0.280. The molecule has 3 aromatic rings. The molecule has 1 aromatic carbocycles. The number of alkyl halides is 2. The Kier molecular flexibility index (Phi) is 8.36. The van der Waals surface area contributed by atoms with Gasteiger partial charge in [-0.15, -0.1) is 11.3 Å². The smallest absolute Gasteiger partial charge is 0.374 e. The second kappa shape index (κ2) is 11.3. The fourth-order valence-electron chi connectivity index (χ4n) is 3.30. The molecule has 0 aliphatic carbocycles. The number of nitrogens with one attached hydrogen (secondary N) is 2. The molecule has 2 aromatic heterocycles. The number of carboxylic acids is 1. The number of hydrogen-bond acceptors (Lipinski definition) is 5. The van der Waals surface area contributed by atoms with Crippen LogP contribution in [0.4, 0.5) is 25.1 Å². The summed E-state index contributed by atoms with van der Waals surface area (Å²) in [7, 11) is 1.61. The number of amides is 3. The summed E-state index contributed by atoms with van der Waals surface area (Å²) in [4.78, 5) is 42.2. The standard InChI is InChI=1S/C25H26F2N4O4S/c1-15-6-4-5-7-19(15)29-24(35)30-21-11-8-17(14-28-21)12-22(32)31(3)16(2)20-10-9-18(36-20)13-25(26,27)23(33)34/h4-11,14,16H,12-13H2,1-3H3,(H,33,34)(H2,28,29,30,35). The van der Waals surface area contributed by atoms with Gasteiger partial charge in [0.15, 0.2) is 0 Å². The number of rotatable bonds is 9. The number of carboxylic acid groups (broad SMARTS) is 1. The van der Waals surface area contributed by atoms with Crippen LogP contribution < -0.4 is 10.6 Å². The van der Waals surface area contributed by atoms with E-state index >= 15 is 0 Å². The zero-order valence-electron chi connectivity index (χ0n) is 19.9. The maximum Gasteiger partial charge on any atom is 0.374 e. The third-order valence-corrected chi connectivity index (χ3v) is 6.85. The summed E-state index contributed by atoms with van der Waals surface area (Å²) in [6.07, 6.45) is 0.655. The number of aryl methyl sites for hydroxylation is 1. The van der Waals surface area contributed by atoms with Crippen LogP contribution in [0.1, 0.15) is 33.8 Å². The van der Waals surface area contributed by atoms with Crippen LogP contribution in [-0.2, 0) is 22.4 Å². The summed E-state index contributed by atoms with van der Waals surface area (Å²) >= 11 is 1.05. The lowest BCUT2D eigenvalue weighted by Crippen LogP contribution is -2.30. The summed E-state index contributed by atoms with van der Waals surface area (Å²) < 4.78 is 27.0. The van der Waals surface area contributed by atoms with Crippen molar-refractivity contribution in [3.63, 3.8) is 0 Å². The van der Waals surface area contributed by atoms with Crippen molar-refractivity contribution < 1.29 is 28.3 Å². The monoisotopic (exact) mass is 516 g/mol. The zero-order valence-corrected chi connectivity index (χ0v) is 20.7. The van der Waals surface area contributed by atoms with Crippen LogP contribution >= 0.6 is 11.3 Å². The first-order valence-electron chi connectivity index (χ1n) is 11.0. The molecule has 3 amide bonds. The number of halogens is 2. The zero-order chi connectivity index (χ0) is 26.5. The molecule has 3 rings (SSSR count). The molecule has 2 heterocycles. The van der Waals surface area contributed by atoms with Gasteiger partial charge in [0.2, 0.25) is 5.91 Å². The summed E-state index contributed by atoms with van der Waals surface area (Å²) in [6.45, 7) is 3.65. The van der Waals surface area contributed by atoms with Gasteiger partial charge >= 0.3 is 17.9 Å². The Morgan fingerprint density at radius 3 is 2.47 bits per heavy atom. The Labute approximate surface area is 211 Å². The maximum atomic E-state index is 13.5.